The van der Waals surface area contributed by atoms with Gasteiger partial charge in [-0.1, -0.05) is 72.8 Å². The summed E-state index contributed by atoms with van der Waals surface area (Å²) in [4.78, 5) is 5.05. The smallest absolute Gasteiger partial charge is 0.215 e. The van der Waals surface area contributed by atoms with Crippen LogP contribution in [0.15, 0.2) is 91.1 Å². The number of aromatic nitrogens is 3. The number of methoxy groups -OCH3 is 1. The van der Waals surface area contributed by atoms with E-state index in [-0.39, 0.29) is 6.61 Å². The van der Waals surface area contributed by atoms with Crippen LogP contribution in [-0.2, 0) is 6.54 Å². The fraction of sp³-hybridized carbons (Fsp3) is 0.115. The molecule has 0 fully saturated rings. The number of nitrogens with zero attached hydrogens (tertiary/aromatic N) is 3. The molecule has 0 aliphatic rings. The van der Waals surface area contributed by atoms with E-state index in [1.807, 2.05) is 60.7 Å². The maximum atomic E-state index is 9.80. The van der Waals surface area contributed by atoms with E-state index < -0.39 is 0 Å². The minimum absolute atomic E-state index is 0.0233. The Morgan fingerprint density at radius 2 is 1.52 bits per heavy atom. The largest absolute Gasteiger partial charge is 0.497 e. The highest BCUT2D eigenvalue weighted by atomic mass is 16.5. The second-order valence-electron chi connectivity index (χ2n) is 7.33. The molecule has 5 rings (SSSR count). The number of hydrogen-bond acceptors (Lipinski definition) is 3. The summed E-state index contributed by atoms with van der Waals surface area (Å²) in [7, 11) is 1.67. The second-order valence-corrected chi connectivity index (χ2v) is 7.33. The van der Waals surface area contributed by atoms with Crippen LogP contribution in [0.25, 0.3) is 39.5 Å². The zero-order valence-corrected chi connectivity index (χ0v) is 17.3. The normalized spacial score (nSPS) is 11.2. The van der Waals surface area contributed by atoms with Crippen LogP contribution < -0.4 is 4.74 Å². The van der Waals surface area contributed by atoms with Crippen molar-refractivity contribution >= 4 is 5.78 Å². The molecule has 3 aromatic carbocycles. The average molecular weight is 409 g/mol. The van der Waals surface area contributed by atoms with E-state index >= 15 is 0 Å². The predicted molar refractivity (Wildman–Crippen MR) is 123 cm³/mol. The monoisotopic (exact) mass is 409 g/mol. The molecule has 2 heterocycles. The second kappa shape index (κ2) is 8.13. The van der Waals surface area contributed by atoms with Gasteiger partial charge in [-0.15, -0.1) is 0 Å². The first-order valence-electron chi connectivity index (χ1n) is 10.3. The van der Waals surface area contributed by atoms with E-state index in [0.717, 1.165) is 45.3 Å². The third-order valence-electron chi connectivity index (χ3n) is 5.46. The van der Waals surface area contributed by atoms with Gasteiger partial charge in [-0.3, -0.25) is 4.40 Å². The standard InChI is InChI=1S/C26H23N3O2/c1-31-22-14-8-13-21(17-22)23-18-29-25(20-11-6-3-7-12-20)24(19-9-4-2-5-10-19)27-26(29)28(23)15-16-30/h2-14,17-18,30H,15-16H2,1H3. The maximum Gasteiger partial charge on any atom is 0.215 e. The summed E-state index contributed by atoms with van der Waals surface area (Å²) < 4.78 is 9.61. The minimum atomic E-state index is 0.0233. The molecule has 0 radical (unpaired) electrons. The van der Waals surface area contributed by atoms with E-state index in [0.29, 0.717) is 6.54 Å². The van der Waals surface area contributed by atoms with Crippen LogP contribution in [0.1, 0.15) is 0 Å². The molecular formula is C26H23N3O2. The molecule has 0 saturated carbocycles. The van der Waals surface area contributed by atoms with Crippen molar-refractivity contribution in [2.24, 2.45) is 0 Å². The quantitative estimate of drug-likeness (QED) is 0.423. The Balaban J connectivity index is 1.81. The van der Waals surface area contributed by atoms with Gasteiger partial charge in [0.2, 0.25) is 5.78 Å². The number of ether oxygens (including phenoxy) is 1. The van der Waals surface area contributed by atoms with Crippen molar-refractivity contribution in [3.05, 3.63) is 91.1 Å². The summed E-state index contributed by atoms with van der Waals surface area (Å²) >= 11 is 0. The van der Waals surface area contributed by atoms with Gasteiger partial charge >= 0.3 is 0 Å². The van der Waals surface area contributed by atoms with Gasteiger partial charge in [0.1, 0.15) is 5.75 Å². The van der Waals surface area contributed by atoms with Crippen molar-refractivity contribution in [3.8, 4) is 39.5 Å². The first-order chi connectivity index (χ1) is 15.3. The van der Waals surface area contributed by atoms with E-state index in [4.69, 9.17) is 9.72 Å². The lowest BCUT2D eigenvalue weighted by atomic mass is 10.0. The molecule has 5 heteroatoms. The van der Waals surface area contributed by atoms with E-state index in [1.54, 1.807) is 7.11 Å². The summed E-state index contributed by atoms with van der Waals surface area (Å²) in [5, 5.41) is 9.80. The Morgan fingerprint density at radius 1 is 0.839 bits per heavy atom. The molecule has 0 saturated heterocycles. The number of rotatable bonds is 6. The van der Waals surface area contributed by atoms with Crippen LogP contribution in [0.2, 0.25) is 0 Å². The third kappa shape index (κ3) is 3.39. The lowest BCUT2D eigenvalue weighted by molar-refractivity contribution is 0.278. The van der Waals surface area contributed by atoms with E-state index in [1.165, 1.54) is 0 Å². The first-order valence-corrected chi connectivity index (χ1v) is 10.3. The molecule has 1 N–H and O–H groups in total. The Labute approximate surface area is 180 Å². The van der Waals surface area contributed by atoms with Crippen molar-refractivity contribution in [1.29, 1.82) is 0 Å². The molecule has 0 aliphatic carbocycles. The van der Waals surface area contributed by atoms with Gasteiger partial charge in [0.25, 0.3) is 0 Å². The highest BCUT2D eigenvalue weighted by Crippen LogP contribution is 2.36. The molecular weight excluding hydrogens is 386 g/mol. The summed E-state index contributed by atoms with van der Waals surface area (Å²) in [5.41, 5.74) is 6.09. The van der Waals surface area contributed by atoms with Crippen molar-refractivity contribution < 1.29 is 9.84 Å². The fourth-order valence-corrected chi connectivity index (χ4v) is 4.04. The van der Waals surface area contributed by atoms with E-state index in [2.05, 4.69) is 39.4 Å². The van der Waals surface area contributed by atoms with Gasteiger partial charge in [0.05, 0.1) is 30.8 Å². The van der Waals surface area contributed by atoms with E-state index in [9.17, 15) is 5.11 Å². The number of aliphatic hydroxyl groups is 1. The highest BCUT2D eigenvalue weighted by molar-refractivity contribution is 5.82. The third-order valence-corrected chi connectivity index (χ3v) is 5.46. The number of fused-ring (bicyclic) bond motifs is 1. The molecule has 0 atom stereocenters. The summed E-state index contributed by atoms with van der Waals surface area (Å²) in [6.07, 6.45) is 2.10. The topological polar surface area (TPSA) is 51.7 Å². The first kappa shape index (κ1) is 19.2. The van der Waals surface area contributed by atoms with Gasteiger partial charge < -0.3 is 14.4 Å². The van der Waals surface area contributed by atoms with Crippen LogP contribution in [0.5, 0.6) is 5.75 Å². The zero-order valence-electron chi connectivity index (χ0n) is 17.3. The molecule has 0 spiro atoms. The SMILES string of the molecule is COc1cccc(-c2cn3c(-c4ccccc4)c(-c4ccccc4)nc3n2CCO)c1. The number of aliphatic hydroxyl groups excluding tert-OH is 1. The molecule has 0 bridgehead atoms. The lowest BCUT2D eigenvalue weighted by Gasteiger charge is -2.09. The van der Waals surface area contributed by atoms with Crippen LogP contribution in [-0.4, -0.2) is 32.8 Å². The van der Waals surface area contributed by atoms with Crippen LogP contribution in [0.4, 0.5) is 0 Å². The fourth-order valence-electron chi connectivity index (χ4n) is 4.04. The van der Waals surface area contributed by atoms with Crippen molar-refractivity contribution in [2.45, 2.75) is 6.54 Å². The molecule has 0 aliphatic heterocycles. The number of imidazole rings is 2. The Kier molecular flexibility index (Phi) is 5.02. The van der Waals surface area contributed by atoms with Crippen molar-refractivity contribution in [3.63, 3.8) is 0 Å². The summed E-state index contributed by atoms with van der Waals surface area (Å²) in [6.45, 7) is 0.470. The zero-order chi connectivity index (χ0) is 21.2. The average Bonchev–Trinajstić information content (AvgIpc) is 3.37. The Bertz CT molecular complexity index is 1320. The molecule has 5 aromatic rings. The van der Waals surface area contributed by atoms with Gasteiger partial charge in [-0.25, -0.2) is 4.98 Å². The molecule has 154 valence electrons. The Morgan fingerprint density at radius 3 is 2.19 bits per heavy atom. The van der Waals surface area contributed by atoms with Gasteiger partial charge in [0, 0.05) is 29.4 Å². The van der Waals surface area contributed by atoms with Gasteiger partial charge in [-0.2, -0.15) is 0 Å². The maximum absolute atomic E-state index is 9.80. The van der Waals surface area contributed by atoms with Gasteiger partial charge in [0.15, 0.2) is 0 Å². The minimum Gasteiger partial charge on any atom is -0.497 e. The highest BCUT2D eigenvalue weighted by Gasteiger charge is 2.21. The van der Waals surface area contributed by atoms with Crippen LogP contribution in [0, 0.1) is 0 Å². The van der Waals surface area contributed by atoms with Crippen LogP contribution in [0.3, 0.4) is 0 Å². The number of hydrogen-bond donors (Lipinski definition) is 1. The number of benzene rings is 3. The molecule has 0 amide bonds. The molecule has 5 nitrogen and oxygen atoms in total. The molecule has 31 heavy (non-hydrogen) atoms. The molecule has 2 aromatic heterocycles. The predicted octanol–water partition coefficient (Wildman–Crippen LogP) is 5.14. The summed E-state index contributed by atoms with van der Waals surface area (Å²) in [6, 6.07) is 28.5. The van der Waals surface area contributed by atoms with Crippen molar-refractivity contribution in [1.82, 2.24) is 14.0 Å². The lowest BCUT2D eigenvalue weighted by Crippen LogP contribution is -2.04. The van der Waals surface area contributed by atoms with Crippen LogP contribution >= 0.6 is 0 Å². The molecule has 0 unspecified atom stereocenters. The summed E-state index contributed by atoms with van der Waals surface area (Å²) in [5.74, 6) is 1.59. The van der Waals surface area contributed by atoms with Gasteiger partial charge in [-0.05, 0) is 12.1 Å². The van der Waals surface area contributed by atoms with Crippen molar-refractivity contribution in [2.75, 3.05) is 13.7 Å². The Hall–Kier alpha value is -3.83.